The second-order valence-electron chi connectivity index (χ2n) is 5.27. The molecule has 1 heterocycles. The molecule has 0 aliphatic carbocycles. The van der Waals surface area contributed by atoms with Crippen molar-refractivity contribution in [2.75, 3.05) is 0 Å². The molecule has 23 heavy (non-hydrogen) atoms. The van der Waals surface area contributed by atoms with Crippen molar-refractivity contribution in [3.05, 3.63) is 70.5 Å². The van der Waals surface area contributed by atoms with Gasteiger partial charge < -0.3 is 4.57 Å². The van der Waals surface area contributed by atoms with E-state index in [9.17, 15) is 4.79 Å². The highest BCUT2D eigenvalue weighted by Gasteiger charge is 2.08. The molecule has 0 saturated heterocycles. The lowest BCUT2D eigenvalue weighted by Gasteiger charge is -2.07. The van der Waals surface area contributed by atoms with E-state index in [1.54, 1.807) is 6.21 Å². The highest BCUT2D eigenvalue weighted by atomic mass is 79.9. The van der Waals surface area contributed by atoms with E-state index in [0.717, 1.165) is 26.5 Å². The Morgan fingerprint density at radius 1 is 1.17 bits per heavy atom. The first kappa shape index (κ1) is 15.5. The molecule has 3 rings (SSSR count). The minimum atomic E-state index is -0.136. The Labute approximate surface area is 142 Å². The number of carbonyl (C=O) groups excluding carboxylic acids is 1. The summed E-state index contributed by atoms with van der Waals surface area (Å²) in [6.07, 6.45) is 3.85. The molecule has 0 bridgehead atoms. The van der Waals surface area contributed by atoms with E-state index in [-0.39, 0.29) is 12.3 Å². The molecule has 1 amide bonds. The second kappa shape index (κ2) is 6.79. The molecule has 1 aromatic heterocycles. The van der Waals surface area contributed by atoms with Gasteiger partial charge in [-0.3, -0.25) is 4.79 Å². The fraction of sp³-hybridized carbons (Fsp3) is 0.111. The summed E-state index contributed by atoms with van der Waals surface area (Å²) in [7, 11) is 1.93. The summed E-state index contributed by atoms with van der Waals surface area (Å²) in [6, 6.07) is 15.8. The number of fused-ring (bicyclic) bond motifs is 1. The van der Waals surface area contributed by atoms with Crippen LogP contribution in [-0.4, -0.2) is 16.7 Å². The predicted octanol–water partition coefficient (Wildman–Crippen LogP) is 3.63. The average molecular weight is 370 g/mol. The zero-order chi connectivity index (χ0) is 16.2. The largest absolute Gasteiger partial charge is 0.350 e. The van der Waals surface area contributed by atoms with Crippen molar-refractivity contribution >= 4 is 38.8 Å². The maximum atomic E-state index is 12.1. The van der Waals surface area contributed by atoms with E-state index < -0.39 is 0 Å². The molecule has 116 valence electrons. The third kappa shape index (κ3) is 3.51. The van der Waals surface area contributed by atoms with Gasteiger partial charge >= 0.3 is 0 Å². The number of hydrogen-bond acceptors (Lipinski definition) is 2. The third-order valence-corrected chi connectivity index (χ3v) is 4.37. The molecule has 1 N–H and O–H groups in total. The molecule has 0 spiro atoms. The minimum Gasteiger partial charge on any atom is -0.350 e. The molecule has 0 aliphatic heterocycles. The Hall–Kier alpha value is -2.40. The van der Waals surface area contributed by atoms with Crippen LogP contribution in [0.2, 0.25) is 0 Å². The molecule has 0 aliphatic rings. The van der Waals surface area contributed by atoms with E-state index in [1.165, 1.54) is 0 Å². The fourth-order valence-electron chi connectivity index (χ4n) is 2.47. The van der Waals surface area contributed by atoms with Crippen molar-refractivity contribution in [3.8, 4) is 0 Å². The molecule has 0 fully saturated rings. The van der Waals surface area contributed by atoms with Crippen molar-refractivity contribution in [2.24, 2.45) is 12.1 Å². The molecule has 0 radical (unpaired) electrons. The summed E-state index contributed by atoms with van der Waals surface area (Å²) in [5, 5.41) is 6.19. The van der Waals surface area contributed by atoms with Gasteiger partial charge in [-0.1, -0.05) is 46.3 Å². The first-order valence-corrected chi connectivity index (χ1v) is 8.04. The van der Waals surface area contributed by atoms with Crippen LogP contribution in [-0.2, 0) is 18.3 Å². The maximum Gasteiger partial charge on any atom is 0.244 e. The lowest BCUT2D eigenvalue weighted by atomic mass is 10.0. The summed E-state index contributed by atoms with van der Waals surface area (Å²) in [5.41, 5.74) is 4.49. The van der Waals surface area contributed by atoms with Gasteiger partial charge in [0.05, 0.1) is 18.3 Å². The van der Waals surface area contributed by atoms with Gasteiger partial charge in [-0.15, -0.1) is 0 Å². The van der Waals surface area contributed by atoms with E-state index in [4.69, 9.17) is 0 Å². The molecule has 0 saturated carbocycles. The summed E-state index contributed by atoms with van der Waals surface area (Å²) in [5.74, 6) is -0.136. The van der Waals surface area contributed by atoms with Crippen LogP contribution in [0.5, 0.6) is 0 Å². The first-order valence-electron chi connectivity index (χ1n) is 7.24. The zero-order valence-electron chi connectivity index (χ0n) is 12.7. The Kier molecular flexibility index (Phi) is 4.57. The molecular formula is C18H16BrN3O. The van der Waals surface area contributed by atoms with Crippen LogP contribution >= 0.6 is 15.9 Å². The predicted molar refractivity (Wildman–Crippen MR) is 96.5 cm³/mol. The number of nitrogens with one attached hydrogen (secondary N) is 1. The Morgan fingerprint density at radius 2 is 1.96 bits per heavy atom. The molecule has 2 aromatic carbocycles. The van der Waals surface area contributed by atoms with Gasteiger partial charge in [0.1, 0.15) is 0 Å². The Bertz CT molecular complexity index is 883. The van der Waals surface area contributed by atoms with Crippen LogP contribution in [0.3, 0.4) is 0 Å². The van der Waals surface area contributed by atoms with Crippen LogP contribution in [0.25, 0.3) is 10.8 Å². The van der Waals surface area contributed by atoms with Crippen LogP contribution in [0.1, 0.15) is 11.3 Å². The number of amides is 1. The van der Waals surface area contributed by atoms with Gasteiger partial charge in [-0.25, -0.2) is 5.43 Å². The quantitative estimate of drug-likeness (QED) is 0.553. The second-order valence-corrected chi connectivity index (χ2v) is 6.12. The molecule has 4 nitrogen and oxygen atoms in total. The first-order chi connectivity index (χ1) is 11.1. The third-order valence-electron chi connectivity index (χ3n) is 3.68. The summed E-state index contributed by atoms with van der Waals surface area (Å²) >= 11 is 3.54. The number of benzene rings is 2. The van der Waals surface area contributed by atoms with Crippen LogP contribution in [0.15, 0.2) is 64.3 Å². The normalized spacial score (nSPS) is 11.2. The van der Waals surface area contributed by atoms with Crippen LogP contribution < -0.4 is 5.43 Å². The summed E-state index contributed by atoms with van der Waals surface area (Å²) < 4.78 is 2.96. The molecule has 3 aromatic rings. The Balaban J connectivity index is 1.72. The lowest BCUT2D eigenvalue weighted by Crippen LogP contribution is -2.20. The van der Waals surface area contributed by atoms with Crippen LogP contribution in [0, 0.1) is 0 Å². The summed E-state index contributed by atoms with van der Waals surface area (Å²) in [4.78, 5) is 12.1. The number of aryl methyl sites for hydroxylation is 1. The number of halogens is 1. The number of nitrogens with zero attached hydrogens (tertiary/aromatic N) is 2. The van der Waals surface area contributed by atoms with Gasteiger partial charge in [-0.05, 0) is 34.5 Å². The Morgan fingerprint density at radius 3 is 2.70 bits per heavy atom. The molecule has 5 heteroatoms. The van der Waals surface area contributed by atoms with Gasteiger partial charge in [0.25, 0.3) is 0 Å². The fourth-order valence-corrected chi connectivity index (χ4v) is 2.95. The number of carbonyl (C=O) groups is 1. The van der Waals surface area contributed by atoms with Crippen molar-refractivity contribution in [2.45, 2.75) is 6.42 Å². The van der Waals surface area contributed by atoms with E-state index in [1.807, 2.05) is 66.3 Å². The highest BCUT2D eigenvalue weighted by Crippen LogP contribution is 2.27. The molecule has 0 atom stereocenters. The van der Waals surface area contributed by atoms with E-state index in [0.29, 0.717) is 0 Å². The zero-order valence-corrected chi connectivity index (χ0v) is 14.2. The van der Waals surface area contributed by atoms with Crippen molar-refractivity contribution in [1.29, 1.82) is 0 Å². The number of rotatable bonds is 4. The highest BCUT2D eigenvalue weighted by molar-refractivity contribution is 9.10. The lowest BCUT2D eigenvalue weighted by molar-refractivity contribution is -0.120. The van der Waals surface area contributed by atoms with E-state index in [2.05, 4.69) is 26.5 Å². The number of hydrogen-bond donors (Lipinski definition) is 1. The molecule has 0 unspecified atom stereocenters. The summed E-state index contributed by atoms with van der Waals surface area (Å²) in [6.45, 7) is 0. The monoisotopic (exact) mass is 369 g/mol. The maximum absolute atomic E-state index is 12.1. The van der Waals surface area contributed by atoms with Gasteiger partial charge in [0.2, 0.25) is 5.91 Å². The smallest absolute Gasteiger partial charge is 0.244 e. The number of aromatic nitrogens is 1. The van der Waals surface area contributed by atoms with Crippen LogP contribution in [0.4, 0.5) is 0 Å². The van der Waals surface area contributed by atoms with Crippen molar-refractivity contribution in [1.82, 2.24) is 9.99 Å². The minimum absolute atomic E-state index is 0.136. The topological polar surface area (TPSA) is 46.4 Å². The van der Waals surface area contributed by atoms with Gasteiger partial charge in [0.15, 0.2) is 0 Å². The van der Waals surface area contributed by atoms with Gasteiger partial charge in [-0.2, -0.15) is 5.10 Å². The van der Waals surface area contributed by atoms with Crippen molar-refractivity contribution < 1.29 is 4.79 Å². The number of hydrazone groups is 1. The van der Waals surface area contributed by atoms with Crippen molar-refractivity contribution in [3.63, 3.8) is 0 Å². The standard InChI is InChI=1S/C18H16BrN3O/c1-22-10-4-5-14(22)12-20-21-18(23)11-13-8-9-17(19)16-7-3-2-6-15(13)16/h2-10,12H,11H2,1H3,(H,21,23). The molecular weight excluding hydrogens is 354 g/mol. The van der Waals surface area contributed by atoms with Gasteiger partial charge in [0, 0.05) is 17.7 Å². The average Bonchev–Trinajstić information content (AvgIpc) is 2.96. The SMILES string of the molecule is Cn1cccc1C=NNC(=O)Cc1ccc(Br)c2ccccc12. The van der Waals surface area contributed by atoms with E-state index >= 15 is 0 Å².